The molecule has 1 aliphatic rings. The van der Waals surface area contributed by atoms with Crippen LogP contribution in [-0.2, 0) is 4.79 Å². The molecule has 1 aliphatic heterocycles. The summed E-state index contributed by atoms with van der Waals surface area (Å²) in [5.74, 6) is -1.82. The number of Topliss-reactive ketones (excluding diaryl/α,β-unsaturated/α-hetero) is 1. The van der Waals surface area contributed by atoms with Crippen LogP contribution in [0.1, 0.15) is 10.4 Å². The summed E-state index contributed by atoms with van der Waals surface area (Å²) >= 11 is 0. The molecule has 1 amide bonds. The van der Waals surface area contributed by atoms with Gasteiger partial charge in [-0.1, -0.05) is 22.4 Å². The summed E-state index contributed by atoms with van der Waals surface area (Å²) in [4.78, 5) is 28.8. The Hall–Kier alpha value is -3.02. The van der Waals surface area contributed by atoms with Gasteiger partial charge in [0, 0.05) is 15.4 Å². The van der Waals surface area contributed by atoms with Gasteiger partial charge < -0.3 is 5.32 Å². The van der Waals surface area contributed by atoms with Crippen molar-refractivity contribution in [3.05, 3.63) is 50.7 Å². The van der Waals surface area contributed by atoms with Gasteiger partial charge in [-0.25, -0.2) is 0 Å². The number of nitrogens with one attached hydrogen (secondary N) is 1. The van der Waals surface area contributed by atoms with Crippen molar-refractivity contribution >= 4 is 17.4 Å². The molecule has 9 heteroatoms. The highest BCUT2D eigenvalue weighted by Gasteiger charge is 2.49. The second-order valence-corrected chi connectivity index (χ2v) is 3.38. The van der Waals surface area contributed by atoms with Gasteiger partial charge in [-0.2, -0.15) is 0 Å². The van der Waals surface area contributed by atoms with Crippen LogP contribution in [0.2, 0.25) is 0 Å². The Bertz CT molecular complexity index is 622. The summed E-state index contributed by atoms with van der Waals surface area (Å²) in [5, 5.41) is 8.49. The van der Waals surface area contributed by atoms with Crippen LogP contribution in [-0.4, -0.2) is 17.4 Å². The lowest BCUT2D eigenvalue weighted by Crippen LogP contribution is -2.49. The van der Waals surface area contributed by atoms with Crippen LogP contribution in [0, 0.1) is 0 Å². The third kappa shape index (κ3) is 1.44. The van der Waals surface area contributed by atoms with E-state index in [4.69, 9.17) is 11.1 Å². The summed E-state index contributed by atoms with van der Waals surface area (Å²) in [6.45, 7) is 0. The first-order chi connectivity index (χ1) is 8.65. The monoisotopic (exact) mass is 243 g/mol. The molecule has 0 fully saturated rings. The van der Waals surface area contributed by atoms with E-state index in [2.05, 4.69) is 25.4 Å². The first kappa shape index (κ1) is 11.5. The Kier molecular flexibility index (Phi) is 2.61. The highest BCUT2D eigenvalue weighted by molar-refractivity contribution is 6.27. The molecular formula is C9H5N7O2. The van der Waals surface area contributed by atoms with E-state index in [9.17, 15) is 9.59 Å². The van der Waals surface area contributed by atoms with E-state index in [0.717, 1.165) is 0 Å². The van der Waals surface area contributed by atoms with Gasteiger partial charge in [0.1, 0.15) is 0 Å². The minimum atomic E-state index is -2.43. The fraction of sp³-hybridized carbons (Fsp3) is 0.111. The van der Waals surface area contributed by atoms with E-state index in [1.165, 1.54) is 12.1 Å². The van der Waals surface area contributed by atoms with Crippen molar-refractivity contribution in [1.29, 1.82) is 0 Å². The van der Waals surface area contributed by atoms with E-state index < -0.39 is 17.4 Å². The van der Waals surface area contributed by atoms with Crippen LogP contribution >= 0.6 is 0 Å². The normalized spacial score (nSPS) is 21.1. The number of para-hydroxylation sites is 1. The SMILES string of the molecule is [N-]=[N+]=NC1(N=[N+]=[N-])C(=O)Nc2ccccc2C1=O. The topological polar surface area (TPSA) is 144 Å². The van der Waals surface area contributed by atoms with Gasteiger partial charge in [-0.15, -0.1) is 0 Å². The maximum absolute atomic E-state index is 12.1. The Morgan fingerprint density at radius 3 is 2.33 bits per heavy atom. The zero-order chi connectivity index (χ0) is 13.2. The van der Waals surface area contributed by atoms with Gasteiger partial charge in [0.2, 0.25) is 0 Å². The number of carbonyl (C=O) groups is 2. The van der Waals surface area contributed by atoms with Crippen molar-refractivity contribution in [2.24, 2.45) is 10.2 Å². The lowest BCUT2D eigenvalue weighted by Gasteiger charge is -2.27. The van der Waals surface area contributed by atoms with Crippen molar-refractivity contribution in [3.63, 3.8) is 0 Å². The van der Waals surface area contributed by atoms with Crippen molar-refractivity contribution in [2.45, 2.75) is 5.66 Å². The molecule has 9 nitrogen and oxygen atoms in total. The zero-order valence-electron chi connectivity index (χ0n) is 8.81. The molecule has 0 radical (unpaired) electrons. The quantitative estimate of drug-likeness (QED) is 0.367. The number of amides is 1. The van der Waals surface area contributed by atoms with Crippen LogP contribution in [0.4, 0.5) is 5.69 Å². The number of hydrogen-bond acceptors (Lipinski definition) is 4. The summed E-state index contributed by atoms with van der Waals surface area (Å²) < 4.78 is 0. The van der Waals surface area contributed by atoms with Crippen LogP contribution in [0.15, 0.2) is 34.5 Å². The van der Waals surface area contributed by atoms with Crippen LogP contribution in [0.25, 0.3) is 20.9 Å². The third-order valence-electron chi connectivity index (χ3n) is 2.43. The van der Waals surface area contributed by atoms with Gasteiger partial charge in [0.25, 0.3) is 11.6 Å². The van der Waals surface area contributed by atoms with Crippen molar-refractivity contribution in [3.8, 4) is 0 Å². The number of carbonyl (C=O) groups excluding carboxylic acids is 2. The van der Waals surface area contributed by atoms with Crippen LogP contribution < -0.4 is 5.32 Å². The minimum Gasteiger partial charge on any atom is -0.324 e. The van der Waals surface area contributed by atoms with E-state index in [1.807, 2.05) is 0 Å². The number of rotatable bonds is 2. The fourth-order valence-corrected chi connectivity index (χ4v) is 1.62. The molecule has 0 aliphatic carbocycles. The standard InChI is InChI=1S/C9H5N7O2/c10-15-13-9(14-16-11)7(17)5-3-1-2-4-6(5)12-8(9)18/h1-4H,(H,12,18). The first-order valence-corrected chi connectivity index (χ1v) is 4.73. The second-order valence-electron chi connectivity index (χ2n) is 3.38. The van der Waals surface area contributed by atoms with Gasteiger partial charge in [0.15, 0.2) is 5.78 Å². The van der Waals surface area contributed by atoms with Crippen LogP contribution in [0.3, 0.4) is 0 Å². The van der Waals surface area contributed by atoms with Crippen molar-refractivity contribution < 1.29 is 9.59 Å². The maximum Gasteiger partial charge on any atom is 0.267 e. The summed E-state index contributed by atoms with van der Waals surface area (Å²) in [7, 11) is 0. The Morgan fingerprint density at radius 2 is 1.72 bits per heavy atom. The molecule has 2 rings (SSSR count). The molecule has 0 bridgehead atoms. The predicted octanol–water partition coefficient (Wildman–Crippen LogP) is 2.14. The number of nitrogens with zero attached hydrogens (tertiary/aromatic N) is 6. The minimum absolute atomic E-state index is 0.122. The van der Waals surface area contributed by atoms with Gasteiger partial charge in [-0.3, -0.25) is 9.59 Å². The zero-order valence-corrected chi connectivity index (χ0v) is 8.81. The molecule has 1 N–H and O–H groups in total. The van der Waals surface area contributed by atoms with Gasteiger partial charge in [0.05, 0.1) is 5.69 Å². The molecule has 88 valence electrons. The number of ketones is 1. The molecule has 0 spiro atoms. The summed E-state index contributed by atoms with van der Waals surface area (Å²) in [6.07, 6.45) is 0. The number of benzene rings is 1. The number of azide groups is 1. The molecule has 0 saturated carbocycles. The average Bonchev–Trinajstić information content (AvgIpc) is 2.37. The summed E-state index contributed by atoms with van der Waals surface area (Å²) in [6, 6.07) is 6.15. The molecule has 0 atom stereocenters. The predicted molar refractivity (Wildman–Crippen MR) is 60.4 cm³/mol. The fourth-order valence-electron chi connectivity index (χ4n) is 1.62. The lowest BCUT2D eigenvalue weighted by molar-refractivity contribution is -0.119. The highest BCUT2D eigenvalue weighted by atomic mass is 16.2. The number of fused-ring (bicyclic) bond motifs is 1. The molecular weight excluding hydrogens is 238 g/mol. The second kappa shape index (κ2) is 4.10. The van der Waals surface area contributed by atoms with E-state index in [-0.39, 0.29) is 11.3 Å². The molecule has 0 unspecified atom stereocenters. The molecule has 0 aromatic heterocycles. The van der Waals surface area contributed by atoms with E-state index in [0.29, 0.717) is 0 Å². The highest BCUT2D eigenvalue weighted by Crippen LogP contribution is 2.31. The average molecular weight is 243 g/mol. The third-order valence-corrected chi connectivity index (χ3v) is 2.43. The van der Waals surface area contributed by atoms with Crippen molar-refractivity contribution in [1.82, 2.24) is 0 Å². The smallest absolute Gasteiger partial charge is 0.267 e. The Morgan fingerprint density at radius 1 is 1.11 bits per heavy atom. The van der Waals surface area contributed by atoms with E-state index in [1.54, 1.807) is 12.1 Å². The molecule has 1 aromatic carbocycles. The maximum atomic E-state index is 12.1. The number of anilines is 1. The van der Waals surface area contributed by atoms with Crippen LogP contribution in [0.5, 0.6) is 0 Å². The van der Waals surface area contributed by atoms with Crippen molar-refractivity contribution in [2.75, 3.05) is 5.32 Å². The largest absolute Gasteiger partial charge is 0.324 e. The Labute approximate surface area is 99.7 Å². The molecule has 1 heterocycles. The van der Waals surface area contributed by atoms with E-state index >= 15 is 0 Å². The Balaban J connectivity index is 2.72. The van der Waals surface area contributed by atoms with Gasteiger partial charge in [-0.05, 0) is 23.2 Å². The lowest BCUT2D eigenvalue weighted by atomic mass is 9.93. The molecule has 0 saturated heterocycles. The molecule has 18 heavy (non-hydrogen) atoms. The van der Waals surface area contributed by atoms with Gasteiger partial charge >= 0.3 is 0 Å². The molecule has 1 aromatic rings. The first-order valence-electron chi connectivity index (χ1n) is 4.73. The number of hydrogen-bond donors (Lipinski definition) is 1. The summed E-state index contributed by atoms with van der Waals surface area (Å²) in [5.41, 5.74) is 14.8.